The number of nitrogens with one attached hydrogen (secondary N) is 1. The first-order chi connectivity index (χ1) is 13.1. The molecule has 3 aromatic rings. The van der Waals surface area contributed by atoms with Gasteiger partial charge < -0.3 is 9.84 Å². The van der Waals surface area contributed by atoms with Crippen LogP contribution in [0.3, 0.4) is 0 Å². The van der Waals surface area contributed by atoms with E-state index in [0.29, 0.717) is 21.3 Å². The number of thioether (sulfide) groups is 1. The number of benzene rings is 1. The molecule has 0 spiro atoms. The second-order valence-corrected chi connectivity index (χ2v) is 7.99. The van der Waals surface area contributed by atoms with Gasteiger partial charge in [0.25, 0.3) is 5.89 Å². The summed E-state index contributed by atoms with van der Waals surface area (Å²) in [5.41, 5.74) is 0.884. The molecule has 0 atom stereocenters. The van der Waals surface area contributed by atoms with Gasteiger partial charge in [-0.3, -0.25) is 4.79 Å². The third kappa shape index (κ3) is 4.54. The summed E-state index contributed by atoms with van der Waals surface area (Å²) in [5, 5.41) is 7.20. The van der Waals surface area contributed by atoms with Crippen molar-refractivity contribution in [3.05, 3.63) is 52.6 Å². The van der Waals surface area contributed by atoms with E-state index in [1.165, 1.54) is 23.9 Å². The average Bonchev–Trinajstić information content (AvgIpc) is 3.40. The van der Waals surface area contributed by atoms with Gasteiger partial charge in [0.1, 0.15) is 5.82 Å². The Morgan fingerprint density at radius 3 is 2.89 bits per heavy atom. The van der Waals surface area contributed by atoms with Crippen molar-refractivity contribution in [2.45, 2.75) is 23.8 Å². The Balaban J connectivity index is 1.33. The van der Waals surface area contributed by atoms with Gasteiger partial charge in [-0.2, -0.15) is 4.98 Å². The van der Waals surface area contributed by atoms with Gasteiger partial charge in [0.15, 0.2) is 5.82 Å². The normalized spacial score (nSPS) is 13.6. The predicted molar refractivity (Wildman–Crippen MR) is 103 cm³/mol. The molecule has 138 valence electrons. The van der Waals surface area contributed by atoms with Crippen LogP contribution in [0.25, 0.3) is 11.5 Å². The van der Waals surface area contributed by atoms with Crippen LogP contribution in [-0.4, -0.2) is 26.8 Å². The predicted octanol–water partition coefficient (Wildman–Crippen LogP) is 4.64. The van der Waals surface area contributed by atoms with Crippen LogP contribution in [0.2, 0.25) is 0 Å². The number of amides is 1. The number of carbonyl (C=O) groups excluding carboxylic acids is 1. The summed E-state index contributed by atoms with van der Waals surface area (Å²) >= 11 is 4.44. The number of hydrogen-bond acceptors (Lipinski definition) is 6. The van der Waals surface area contributed by atoms with Crippen molar-refractivity contribution in [3.8, 4) is 11.5 Å². The van der Waals surface area contributed by atoms with Gasteiger partial charge in [-0.1, -0.05) is 32.8 Å². The summed E-state index contributed by atoms with van der Waals surface area (Å²) in [7, 11) is 0. The first-order valence-corrected chi connectivity index (χ1v) is 10.0. The van der Waals surface area contributed by atoms with Crippen molar-refractivity contribution in [3.63, 3.8) is 0 Å². The molecule has 27 heavy (non-hydrogen) atoms. The lowest BCUT2D eigenvalue weighted by atomic mass is 10.3. The van der Waals surface area contributed by atoms with E-state index in [1.807, 2.05) is 6.07 Å². The number of carbonyl (C=O) groups is 1. The van der Waals surface area contributed by atoms with E-state index in [1.54, 1.807) is 18.3 Å². The minimum absolute atomic E-state index is 0.119. The van der Waals surface area contributed by atoms with Gasteiger partial charge in [0.2, 0.25) is 5.91 Å². The molecule has 0 aliphatic heterocycles. The minimum Gasteiger partial charge on any atom is -0.334 e. The number of halogens is 2. The van der Waals surface area contributed by atoms with Crippen LogP contribution >= 0.6 is 27.7 Å². The third-order valence-corrected chi connectivity index (χ3v) is 5.36. The van der Waals surface area contributed by atoms with E-state index in [4.69, 9.17) is 4.52 Å². The van der Waals surface area contributed by atoms with Crippen LogP contribution in [0, 0.1) is 5.82 Å². The van der Waals surface area contributed by atoms with Crippen LogP contribution in [0.1, 0.15) is 24.6 Å². The lowest BCUT2D eigenvalue weighted by Crippen LogP contribution is -2.15. The number of nitrogens with zero attached hydrogens (tertiary/aromatic N) is 3. The fraction of sp³-hybridized carbons (Fsp3) is 0.222. The van der Waals surface area contributed by atoms with E-state index in [9.17, 15) is 9.18 Å². The first kappa shape index (κ1) is 18.1. The summed E-state index contributed by atoms with van der Waals surface area (Å²) in [6, 6.07) is 8.09. The molecule has 1 saturated carbocycles. The smallest absolute Gasteiger partial charge is 0.259 e. The number of hydrogen-bond donors (Lipinski definition) is 1. The van der Waals surface area contributed by atoms with E-state index in [-0.39, 0.29) is 17.3 Å². The molecule has 0 radical (unpaired) electrons. The highest BCUT2D eigenvalue weighted by molar-refractivity contribution is 9.10. The number of anilines is 1. The molecule has 0 unspecified atom stereocenters. The zero-order chi connectivity index (χ0) is 18.8. The Morgan fingerprint density at radius 1 is 1.33 bits per heavy atom. The highest BCUT2D eigenvalue weighted by Crippen LogP contribution is 2.38. The van der Waals surface area contributed by atoms with E-state index in [0.717, 1.165) is 24.2 Å². The second-order valence-electron chi connectivity index (χ2n) is 6.08. The maximum atomic E-state index is 13.8. The Kier molecular flexibility index (Phi) is 5.22. The van der Waals surface area contributed by atoms with Crippen molar-refractivity contribution >= 4 is 39.3 Å². The van der Waals surface area contributed by atoms with Crippen LogP contribution in [0.15, 0.2) is 50.6 Å². The summed E-state index contributed by atoms with van der Waals surface area (Å²) in [6.07, 6.45) is 3.86. The zero-order valence-corrected chi connectivity index (χ0v) is 16.4. The van der Waals surface area contributed by atoms with Crippen molar-refractivity contribution in [1.82, 2.24) is 15.1 Å². The molecule has 1 N–H and O–H groups in total. The number of pyridine rings is 1. The number of aromatic nitrogens is 3. The number of rotatable bonds is 6. The largest absolute Gasteiger partial charge is 0.334 e. The molecule has 0 bridgehead atoms. The molecular weight excluding hydrogens is 435 g/mol. The average molecular weight is 449 g/mol. The molecule has 1 aromatic carbocycles. The highest BCUT2D eigenvalue weighted by atomic mass is 79.9. The topological polar surface area (TPSA) is 80.9 Å². The second kappa shape index (κ2) is 7.77. The lowest BCUT2D eigenvalue weighted by molar-refractivity contribution is -0.113. The van der Waals surface area contributed by atoms with Crippen LogP contribution in [-0.2, 0) is 4.79 Å². The van der Waals surface area contributed by atoms with Gasteiger partial charge in [0.05, 0.1) is 22.0 Å². The summed E-state index contributed by atoms with van der Waals surface area (Å²) < 4.78 is 19.6. The third-order valence-electron chi connectivity index (χ3n) is 3.92. The molecule has 9 heteroatoms. The van der Waals surface area contributed by atoms with Crippen LogP contribution in [0.5, 0.6) is 0 Å². The lowest BCUT2D eigenvalue weighted by Gasteiger charge is -2.06. The first-order valence-electron chi connectivity index (χ1n) is 8.26. The Hall–Kier alpha value is -2.26. The molecule has 2 aromatic heterocycles. The maximum Gasteiger partial charge on any atom is 0.259 e. The van der Waals surface area contributed by atoms with Gasteiger partial charge in [-0.25, -0.2) is 9.37 Å². The molecule has 2 heterocycles. The Labute approximate surface area is 167 Å². The molecule has 1 aliphatic carbocycles. The highest BCUT2D eigenvalue weighted by Gasteiger charge is 2.29. The minimum atomic E-state index is -0.490. The summed E-state index contributed by atoms with van der Waals surface area (Å²) in [5.74, 6) is 0.950. The summed E-state index contributed by atoms with van der Waals surface area (Å²) in [4.78, 5) is 20.7. The fourth-order valence-electron chi connectivity index (χ4n) is 2.37. The SMILES string of the molecule is O=C(CSc1ccc(-c2nc(C3CC3)no2)cn1)Nc1ccc(Br)cc1F. The van der Waals surface area contributed by atoms with Gasteiger partial charge in [-0.05, 0) is 43.2 Å². The van der Waals surface area contributed by atoms with Gasteiger partial charge in [-0.15, -0.1) is 0 Å². The zero-order valence-electron chi connectivity index (χ0n) is 14.0. The van der Waals surface area contributed by atoms with E-state index < -0.39 is 5.82 Å². The standard InChI is InChI=1S/C18H14BrFN4O2S/c19-12-4-5-14(13(20)7-12)22-15(25)9-27-16-6-3-11(8-21-16)18-23-17(24-26-18)10-1-2-10/h3-8,10H,1-2,9H2,(H,22,25). The molecule has 1 aliphatic rings. The molecule has 6 nitrogen and oxygen atoms in total. The Bertz CT molecular complexity index is 976. The quantitative estimate of drug-likeness (QED) is 0.553. The molecule has 1 amide bonds. The molecule has 0 saturated heterocycles. The maximum absolute atomic E-state index is 13.8. The van der Waals surface area contributed by atoms with Crippen molar-refractivity contribution in [1.29, 1.82) is 0 Å². The fourth-order valence-corrected chi connectivity index (χ4v) is 3.34. The Morgan fingerprint density at radius 2 is 2.19 bits per heavy atom. The van der Waals surface area contributed by atoms with Crippen molar-refractivity contribution in [2.24, 2.45) is 0 Å². The van der Waals surface area contributed by atoms with Gasteiger partial charge >= 0.3 is 0 Å². The molecule has 1 fully saturated rings. The summed E-state index contributed by atoms with van der Waals surface area (Å²) in [6.45, 7) is 0. The van der Waals surface area contributed by atoms with E-state index in [2.05, 4.69) is 36.4 Å². The van der Waals surface area contributed by atoms with Crippen molar-refractivity contribution < 1.29 is 13.7 Å². The molecular formula is C18H14BrFN4O2S. The van der Waals surface area contributed by atoms with Gasteiger partial charge in [0, 0.05) is 16.6 Å². The van der Waals surface area contributed by atoms with Crippen LogP contribution in [0.4, 0.5) is 10.1 Å². The van der Waals surface area contributed by atoms with Crippen molar-refractivity contribution in [2.75, 3.05) is 11.1 Å². The monoisotopic (exact) mass is 448 g/mol. The van der Waals surface area contributed by atoms with Crippen LogP contribution < -0.4 is 5.32 Å². The van der Waals surface area contributed by atoms with E-state index >= 15 is 0 Å². The molecule has 4 rings (SSSR count).